The highest BCUT2D eigenvalue weighted by molar-refractivity contribution is 14.1. The van der Waals surface area contributed by atoms with Crippen molar-refractivity contribution in [3.8, 4) is 5.75 Å². The number of hydrogen-bond donors (Lipinski definition) is 0. The Morgan fingerprint density at radius 3 is 2.94 bits per heavy atom. The van der Waals surface area contributed by atoms with Gasteiger partial charge in [0.2, 0.25) is 0 Å². The van der Waals surface area contributed by atoms with Gasteiger partial charge in [-0.25, -0.2) is 4.79 Å². The van der Waals surface area contributed by atoms with Gasteiger partial charge in [0.1, 0.15) is 5.75 Å². The molecule has 4 heteroatoms. The number of ether oxygens (including phenoxy) is 2. The van der Waals surface area contributed by atoms with Gasteiger partial charge in [0.05, 0.1) is 18.8 Å². The van der Waals surface area contributed by atoms with E-state index in [2.05, 4.69) is 22.6 Å². The minimum atomic E-state index is -0.304. The number of rotatable bonds is 6. The number of alkyl halides is 1. The second kappa shape index (κ2) is 7.49. The smallest absolute Gasteiger partial charge is 0.338 e. The molecule has 0 amide bonds. The van der Waals surface area contributed by atoms with Gasteiger partial charge in [0.15, 0.2) is 0 Å². The zero-order valence-electron chi connectivity index (χ0n) is 9.24. The first-order chi connectivity index (χ1) is 7.77. The molecule has 0 saturated carbocycles. The van der Waals surface area contributed by atoms with Gasteiger partial charge < -0.3 is 9.47 Å². The van der Waals surface area contributed by atoms with E-state index in [4.69, 9.17) is 9.47 Å². The molecule has 0 aromatic heterocycles. The van der Waals surface area contributed by atoms with E-state index in [1.54, 1.807) is 25.1 Å². The summed E-state index contributed by atoms with van der Waals surface area (Å²) in [4.78, 5) is 11.4. The summed E-state index contributed by atoms with van der Waals surface area (Å²) < 4.78 is 11.5. The predicted molar refractivity (Wildman–Crippen MR) is 71.4 cm³/mol. The summed E-state index contributed by atoms with van der Waals surface area (Å²) in [5.74, 6) is 0.414. The standard InChI is InChI=1S/C12H15IO3/c1-2-15-12(14)10-5-3-6-11(9-10)16-8-4-7-13/h3,5-6,9H,2,4,7-8H2,1H3. The number of hydrogen-bond acceptors (Lipinski definition) is 3. The Morgan fingerprint density at radius 2 is 2.25 bits per heavy atom. The van der Waals surface area contributed by atoms with Crippen LogP contribution in [0.4, 0.5) is 0 Å². The van der Waals surface area contributed by atoms with Crippen LogP contribution in [0.3, 0.4) is 0 Å². The number of halogens is 1. The zero-order chi connectivity index (χ0) is 11.8. The van der Waals surface area contributed by atoms with E-state index >= 15 is 0 Å². The number of benzene rings is 1. The highest BCUT2D eigenvalue weighted by Gasteiger charge is 2.06. The van der Waals surface area contributed by atoms with Crippen molar-refractivity contribution in [2.24, 2.45) is 0 Å². The van der Waals surface area contributed by atoms with E-state index in [-0.39, 0.29) is 5.97 Å². The van der Waals surface area contributed by atoms with Crippen LogP contribution in [0.2, 0.25) is 0 Å². The molecule has 0 saturated heterocycles. The van der Waals surface area contributed by atoms with Crippen molar-refractivity contribution >= 4 is 28.6 Å². The first-order valence-corrected chi connectivity index (χ1v) is 6.76. The maximum atomic E-state index is 11.4. The third-order valence-corrected chi connectivity index (χ3v) is 2.65. The lowest BCUT2D eigenvalue weighted by atomic mass is 10.2. The van der Waals surface area contributed by atoms with Gasteiger partial charge in [-0.1, -0.05) is 28.7 Å². The lowest BCUT2D eigenvalue weighted by Gasteiger charge is -2.06. The summed E-state index contributed by atoms with van der Waals surface area (Å²) in [5, 5.41) is 0. The van der Waals surface area contributed by atoms with Crippen LogP contribution in [0.15, 0.2) is 24.3 Å². The number of carbonyl (C=O) groups is 1. The minimum Gasteiger partial charge on any atom is -0.494 e. The van der Waals surface area contributed by atoms with Crippen LogP contribution in [0, 0.1) is 0 Å². The first-order valence-electron chi connectivity index (χ1n) is 5.24. The summed E-state index contributed by atoms with van der Waals surface area (Å²) >= 11 is 2.30. The molecule has 0 bridgehead atoms. The van der Waals surface area contributed by atoms with Crippen molar-refractivity contribution in [3.63, 3.8) is 0 Å². The Hall–Kier alpha value is -0.780. The topological polar surface area (TPSA) is 35.5 Å². The van der Waals surface area contributed by atoms with Crippen LogP contribution in [0.5, 0.6) is 5.75 Å². The van der Waals surface area contributed by atoms with E-state index in [9.17, 15) is 4.79 Å². The predicted octanol–water partition coefficient (Wildman–Crippen LogP) is 3.07. The molecule has 0 aliphatic carbocycles. The van der Waals surface area contributed by atoms with Crippen molar-refractivity contribution in [3.05, 3.63) is 29.8 Å². The van der Waals surface area contributed by atoms with E-state index in [1.165, 1.54) is 0 Å². The Balaban J connectivity index is 2.60. The van der Waals surface area contributed by atoms with Crippen LogP contribution in [-0.2, 0) is 4.74 Å². The van der Waals surface area contributed by atoms with Crippen LogP contribution >= 0.6 is 22.6 Å². The molecule has 0 radical (unpaired) electrons. The second-order valence-electron chi connectivity index (χ2n) is 3.14. The second-order valence-corrected chi connectivity index (χ2v) is 4.22. The van der Waals surface area contributed by atoms with Crippen LogP contribution in [0.1, 0.15) is 23.7 Å². The molecule has 0 aliphatic rings. The molecule has 1 aromatic carbocycles. The van der Waals surface area contributed by atoms with Crippen LogP contribution in [0.25, 0.3) is 0 Å². The molecule has 3 nitrogen and oxygen atoms in total. The van der Waals surface area contributed by atoms with Gasteiger partial charge in [-0.15, -0.1) is 0 Å². The highest BCUT2D eigenvalue weighted by atomic mass is 127. The molecule has 0 heterocycles. The summed E-state index contributed by atoms with van der Waals surface area (Å²) in [6, 6.07) is 7.08. The largest absolute Gasteiger partial charge is 0.494 e. The van der Waals surface area contributed by atoms with Crippen molar-refractivity contribution in [1.82, 2.24) is 0 Å². The quantitative estimate of drug-likeness (QED) is 0.347. The van der Waals surface area contributed by atoms with E-state index in [1.807, 2.05) is 6.07 Å². The molecular weight excluding hydrogens is 319 g/mol. The fraction of sp³-hybridized carbons (Fsp3) is 0.417. The van der Waals surface area contributed by atoms with Crippen molar-refractivity contribution < 1.29 is 14.3 Å². The average molecular weight is 334 g/mol. The van der Waals surface area contributed by atoms with Crippen molar-refractivity contribution in [2.75, 3.05) is 17.6 Å². The summed E-state index contributed by atoms with van der Waals surface area (Å²) in [6.45, 7) is 2.85. The Kier molecular flexibility index (Phi) is 6.22. The van der Waals surface area contributed by atoms with Gasteiger partial charge in [0, 0.05) is 4.43 Å². The fourth-order valence-electron chi connectivity index (χ4n) is 1.17. The van der Waals surface area contributed by atoms with E-state index in [0.717, 1.165) is 16.6 Å². The Morgan fingerprint density at radius 1 is 1.44 bits per heavy atom. The number of carbonyl (C=O) groups excluding carboxylic acids is 1. The normalized spacial score (nSPS) is 9.88. The van der Waals surface area contributed by atoms with Gasteiger partial charge in [0.25, 0.3) is 0 Å². The molecule has 88 valence electrons. The maximum absolute atomic E-state index is 11.4. The van der Waals surface area contributed by atoms with Gasteiger partial charge in [-0.2, -0.15) is 0 Å². The average Bonchev–Trinajstić information content (AvgIpc) is 2.30. The third-order valence-electron chi connectivity index (χ3n) is 1.89. The minimum absolute atomic E-state index is 0.304. The maximum Gasteiger partial charge on any atom is 0.338 e. The van der Waals surface area contributed by atoms with Gasteiger partial charge in [-0.05, 0) is 31.5 Å². The molecule has 0 unspecified atom stereocenters. The molecule has 0 fully saturated rings. The van der Waals surface area contributed by atoms with Gasteiger partial charge in [-0.3, -0.25) is 0 Å². The Labute approximate surface area is 109 Å². The van der Waals surface area contributed by atoms with Crippen molar-refractivity contribution in [2.45, 2.75) is 13.3 Å². The van der Waals surface area contributed by atoms with Crippen LogP contribution in [-0.4, -0.2) is 23.6 Å². The Bertz CT molecular complexity index is 339. The first kappa shape index (κ1) is 13.3. The zero-order valence-corrected chi connectivity index (χ0v) is 11.4. The molecule has 0 atom stereocenters. The fourth-order valence-corrected chi connectivity index (χ4v) is 1.48. The lowest BCUT2D eigenvalue weighted by Crippen LogP contribution is -2.05. The molecule has 0 spiro atoms. The molecule has 1 rings (SSSR count). The van der Waals surface area contributed by atoms with E-state index in [0.29, 0.717) is 18.8 Å². The monoisotopic (exact) mass is 334 g/mol. The van der Waals surface area contributed by atoms with Gasteiger partial charge >= 0.3 is 5.97 Å². The van der Waals surface area contributed by atoms with Crippen LogP contribution < -0.4 is 4.74 Å². The highest BCUT2D eigenvalue weighted by Crippen LogP contribution is 2.14. The molecule has 0 N–H and O–H groups in total. The third kappa shape index (κ3) is 4.38. The van der Waals surface area contributed by atoms with E-state index < -0.39 is 0 Å². The SMILES string of the molecule is CCOC(=O)c1cccc(OCCCI)c1. The van der Waals surface area contributed by atoms with Crippen molar-refractivity contribution in [1.29, 1.82) is 0 Å². The molecule has 1 aromatic rings. The summed E-state index contributed by atoms with van der Waals surface area (Å²) in [6.07, 6.45) is 1.00. The molecule has 0 aliphatic heterocycles. The summed E-state index contributed by atoms with van der Waals surface area (Å²) in [5.41, 5.74) is 0.536. The molecule has 16 heavy (non-hydrogen) atoms. The number of esters is 1. The summed E-state index contributed by atoms with van der Waals surface area (Å²) in [7, 11) is 0. The molecular formula is C12H15IO3. The lowest BCUT2D eigenvalue weighted by molar-refractivity contribution is 0.0526.